The fourth-order valence-corrected chi connectivity index (χ4v) is 2.61. The molecule has 0 saturated carbocycles. The highest BCUT2D eigenvalue weighted by Gasteiger charge is 2.10. The van der Waals surface area contributed by atoms with Gasteiger partial charge in [0.15, 0.2) is 5.69 Å². The molecule has 0 radical (unpaired) electrons. The number of amidine groups is 1. The molecule has 0 aliphatic carbocycles. The second-order valence-electron chi connectivity index (χ2n) is 6.61. The Kier molecular flexibility index (Phi) is 18.9. The number of primary amides is 2. The molecule has 0 bridgehead atoms. The van der Waals surface area contributed by atoms with Gasteiger partial charge in [-0.25, -0.2) is 9.98 Å². The van der Waals surface area contributed by atoms with E-state index in [9.17, 15) is 9.59 Å². The van der Waals surface area contributed by atoms with Crippen molar-refractivity contribution in [2.75, 3.05) is 13.1 Å². The van der Waals surface area contributed by atoms with Gasteiger partial charge in [0.05, 0.1) is 5.69 Å². The number of hydrogen-bond acceptors (Lipinski definition) is 4. The minimum Gasteiger partial charge on any atom is -0.366 e. The number of nitrogens with two attached hydrogens (primary N) is 2. The van der Waals surface area contributed by atoms with E-state index in [1.165, 1.54) is 0 Å². The van der Waals surface area contributed by atoms with Crippen molar-refractivity contribution in [3.8, 4) is 0 Å². The number of aliphatic imine (C=N–C) groups is 1. The fourth-order valence-electron chi connectivity index (χ4n) is 2.61. The summed E-state index contributed by atoms with van der Waals surface area (Å²) >= 11 is 0. The van der Waals surface area contributed by atoms with Gasteiger partial charge in [0, 0.05) is 24.8 Å². The first-order chi connectivity index (χ1) is 15.8. The predicted octanol–water partition coefficient (Wildman–Crippen LogP) is 5.50. The first-order valence-corrected chi connectivity index (χ1v) is 11.7. The monoisotopic (exact) mass is 457 g/mol. The normalized spacial score (nSPS) is 9.76. The zero-order chi connectivity index (χ0) is 25.8. The number of rotatable bonds is 7. The minimum absolute atomic E-state index is 0.217. The van der Waals surface area contributed by atoms with Gasteiger partial charge in [-0.1, -0.05) is 59.2 Å². The zero-order valence-corrected chi connectivity index (χ0v) is 21.7. The van der Waals surface area contributed by atoms with Crippen LogP contribution in [-0.4, -0.2) is 40.6 Å². The van der Waals surface area contributed by atoms with Gasteiger partial charge in [0.25, 0.3) is 5.91 Å². The lowest BCUT2D eigenvalue weighted by atomic mass is 10.1. The van der Waals surface area contributed by atoms with Gasteiger partial charge in [-0.3, -0.25) is 9.59 Å². The second-order valence-corrected chi connectivity index (χ2v) is 6.61. The van der Waals surface area contributed by atoms with Crippen molar-refractivity contribution in [3.63, 3.8) is 0 Å². The molecule has 1 heterocycles. The van der Waals surface area contributed by atoms with Crippen LogP contribution in [0.15, 0.2) is 47.6 Å². The maximum Gasteiger partial charge on any atom is 0.269 e. The molecule has 1 aromatic heterocycles. The van der Waals surface area contributed by atoms with Crippen LogP contribution in [0.4, 0.5) is 5.69 Å². The third kappa shape index (κ3) is 13.0. The van der Waals surface area contributed by atoms with Crippen LogP contribution < -0.4 is 11.5 Å². The number of carbonyl (C=O) groups is 2. The largest absolute Gasteiger partial charge is 0.366 e. The molecule has 1 aromatic carbocycles. The molecule has 0 saturated heterocycles. The summed E-state index contributed by atoms with van der Waals surface area (Å²) in [5.41, 5.74) is 12.8. The highest BCUT2D eigenvalue weighted by Crippen LogP contribution is 2.16. The smallest absolute Gasteiger partial charge is 0.269 e. The number of nitrogens with zero attached hydrogens (tertiary/aromatic N) is 3. The summed E-state index contributed by atoms with van der Waals surface area (Å²) in [7, 11) is 0. The summed E-state index contributed by atoms with van der Waals surface area (Å²) < 4.78 is 0. The van der Waals surface area contributed by atoms with E-state index in [0.717, 1.165) is 37.3 Å². The lowest BCUT2D eigenvalue weighted by molar-refractivity contribution is 0.0989. The van der Waals surface area contributed by atoms with Crippen molar-refractivity contribution >= 4 is 23.3 Å². The van der Waals surface area contributed by atoms with Crippen molar-refractivity contribution in [2.45, 2.75) is 68.2 Å². The SMILES string of the molecule is CC.CC.CCCN(CCC)C(C)=Nc1cccnc1C(N)=O.Cc1ccc(C(N)=O)cc1. The summed E-state index contributed by atoms with van der Waals surface area (Å²) in [4.78, 5) is 32.5. The Balaban J connectivity index is 0. The van der Waals surface area contributed by atoms with Gasteiger partial charge in [-0.05, 0) is 51.0 Å². The third-order valence-electron chi connectivity index (χ3n) is 4.08. The molecule has 0 spiro atoms. The van der Waals surface area contributed by atoms with Crippen molar-refractivity contribution in [1.29, 1.82) is 0 Å². The van der Waals surface area contributed by atoms with Crippen LogP contribution in [0.2, 0.25) is 0 Å². The van der Waals surface area contributed by atoms with E-state index < -0.39 is 5.91 Å². The molecule has 4 N–H and O–H groups in total. The molecule has 2 rings (SSSR count). The van der Waals surface area contributed by atoms with Gasteiger partial charge in [0.1, 0.15) is 5.84 Å². The van der Waals surface area contributed by atoms with Crippen LogP contribution in [0.3, 0.4) is 0 Å². The zero-order valence-electron chi connectivity index (χ0n) is 21.7. The Morgan fingerprint density at radius 2 is 1.42 bits per heavy atom. The molecule has 0 aliphatic heterocycles. The molecule has 2 aromatic rings. The maximum absolute atomic E-state index is 11.3. The number of hydrogen-bond donors (Lipinski definition) is 2. The quantitative estimate of drug-likeness (QED) is 0.422. The Morgan fingerprint density at radius 1 is 0.909 bits per heavy atom. The number of aromatic nitrogens is 1. The standard InChI is InChI=1S/C14H22N4O.C8H9NO.2C2H6/c1-4-9-18(10-5-2)11(3)17-12-7-6-8-16-13(12)14(15)19;1-6-2-4-7(5-3-6)8(9)10;2*1-2/h6-8H,4-5,9-10H2,1-3H3,(H2,15,19);2-5H,1H3,(H2,9,10);2*1-2H3. The Morgan fingerprint density at radius 3 is 1.85 bits per heavy atom. The molecule has 7 heteroatoms. The molecular formula is C26H43N5O2. The van der Waals surface area contributed by atoms with Gasteiger partial charge >= 0.3 is 0 Å². The summed E-state index contributed by atoms with van der Waals surface area (Å²) in [6.45, 7) is 18.1. The summed E-state index contributed by atoms with van der Waals surface area (Å²) in [5.74, 6) is -0.0381. The van der Waals surface area contributed by atoms with E-state index in [1.807, 2.05) is 53.7 Å². The Bertz CT molecular complexity index is 827. The molecule has 2 amide bonds. The van der Waals surface area contributed by atoms with Gasteiger partial charge in [-0.2, -0.15) is 0 Å². The van der Waals surface area contributed by atoms with Crippen LogP contribution in [0.5, 0.6) is 0 Å². The number of pyridine rings is 1. The Hall–Kier alpha value is -3.22. The molecule has 0 fully saturated rings. The molecule has 0 unspecified atom stereocenters. The van der Waals surface area contributed by atoms with Gasteiger partial charge in [0.2, 0.25) is 5.91 Å². The van der Waals surface area contributed by atoms with E-state index in [1.54, 1.807) is 30.5 Å². The topological polar surface area (TPSA) is 115 Å². The third-order valence-corrected chi connectivity index (χ3v) is 4.08. The van der Waals surface area contributed by atoms with E-state index >= 15 is 0 Å². The Labute approximate surface area is 200 Å². The van der Waals surface area contributed by atoms with Crippen molar-refractivity contribution < 1.29 is 9.59 Å². The molecular weight excluding hydrogens is 414 g/mol. The second kappa shape index (κ2) is 19.5. The first kappa shape index (κ1) is 32.0. The van der Waals surface area contributed by atoms with E-state index in [0.29, 0.717) is 11.3 Å². The summed E-state index contributed by atoms with van der Waals surface area (Å²) in [6.07, 6.45) is 3.66. The highest BCUT2D eigenvalue weighted by atomic mass is 16.1. The molecule has 0 atom stereocenters. The molecule has 0 aliphatic rings. The maximum atomic E-state index is 11.3. The van der Waals surface area contributed by atoms with Crippen molar-refractivity contribution in [1.82, 2.24) is 9.88 Å². The fraction of sp³-hybridized carbons (Fsp3) is 0.462. The lowest BCUT2D eigenvalue weighted by Crippen LogP contribution is -2.30. The van der Waals surface area contributed by atoms with Crippen molar-refractivity contribution in [3.05, 3.63) is 59.4 Å². The molecule has 33 heavy (non-hydrogen) atoms. The first-order valence-electron chi connectivity index (χ1n) is 11.7. The summed E-state index contributed by atoms with van der Waals surface area (Å²) in [5, 5.41) is 0. The van der Waals surface area contributed by atoms with Crippen molar-refractivity contribution in [2.24, 2.45) is 16.5 Å². The number of carbonyl (C=O) groups excluding carboxylic acids is 2. The van der Waals surface area contributed by atoms with Crippen LogP contribution >= 0.6 is 0 Å². The van der Waals surface area contributed by atoms with Crippen LogP contribution in [0, 0.1) is 6.92 Å². The molecule has 7 nitrogen and oxygen atoms in total. The van der Waals surface area contributed by atoms with E-state index in [4.69, 9.17) is 11.5 Å². The van der Waals surface area contributed by atoms with E-state index in [-0.39, 0.29) is 11.6 Å². The number of aryl methyl sites for hydroxylation is 1. The minimum atomic E-state index is -0.551. The summed E-state index contributed by atoms with van der Waals surface area (Å²) in [6, 6.07) is 10.7. The molecule has 184 valence electrons. The average molecular weight is 458 g/mol. The highest BCUT2D eigenvalue weighted by molar-refractivity contribution is 5.97. The average Bonchev–Trinajstić information content (AvgIpc) is 2.82. The van der Waals surface area contributed by atoms with Crippen LogP contribution in [0.25, 0.3) is 0 Å². The van der Waals surface area contributed by atoms with Gasteiger partial charge < -0.3 is 16.4 Å². The number of amides is 2. The van der Waals surface area contributed by atoms with E-state index in [2.05, 4.69) is 28.7 Å². The van der Waals surface area contributed by atoms with Crippen LogP contribution in [0.1, 0.15) is 87.7 Å². The number of benzene rings is 1. The predicted molar refractivity (Wildman–Crippen MR) is 140 cm³/mol. The van der Waals surface area contributed by atoms with Crippen LogP contribution in [-0.2, 0) is 0 Å². The lowest BCUT2D eigenvalue weighted by Gasteiger charge is -2.23. The van der Waals surface area contributed by atoms with Gasteiger partial charge in [-0.15, -0.1) is 0 Å².